The molecule has 3 heteroatoms. The second-order valence-electron chi connectivity index (χ2n) is 6.22. The van der Waals surface area contributed by atoms with Gasteiger partial charge in [0.15, 0.2) is 0 Å². The lowest BCUT2D eigenvalue weighted by Gasteiger charge is -2.22. The number of benzene rings is 1. The van der Waals surface area contributed by atoms with Crippen LogP contribution in [0.15, 0.2) is 42.7 Å². The van der Waals surface area contributed by atoms with Crippen LogP contribution in [0, 0.1) is 5.92 Å². The average molecular weight is 296 g/mol. The van der Waals surface area contributed by atoms with Crippen molar-refractivity contribution in [2.75, 3.05) is 6.54 Å². The summed E-state index contributed by atoms with van der Waals surface area (Å²) in [6.07, 6.45) is 10.4. The Kier molecular flexibility index (Phi) is 5.07. The summed E-state index contributed by atoms with van der Waals surface area (Å²) >= 11 is 0. The molecular weight excluding hydrogens is 272 g/mol. The van der Waals surface area contributed by atoms with Crippen LogP contribution < -0.4 is 5.32 Å². The molecule has 2 N–H and O–H groups in total. The maximum absolute atomic E-state index is 10.1. The number of nitrogens with zero attached hydrogens (tertiary/aromatic N) is 1. The van der Waals surface area contributed by atoms with Gasteiger partial charge in [0.25, 0.3) is 0 Å². The molecule has 0 saturated heterocycles. The Balaban J connectivity index is 1.63. The minimum atomic E-state index is 0.365. The van der Waals surface area contributed by atoms with E-state index < -0.39 is 0 Å². The molecule has 1 aromatic carbocycles. The molecule has 1 heterocycles. The first-order chi connectivity index (χ1) is 10.8. The van der Waals surface area contributed by atoms with E-state index in [-0.39, 0.29) is 0 Å². The lowest BCUT2D eigenvalue weighted by Crippen LogP contribution is -2.24. The highest BCUT2D eigenvalue weighted by atomic mass is 16.3. The Labute approximate surface area is 132 Å². The minimum Gasteiger partial charge on any atom is -0.508 e. The van der Waals surface area contributed by atoms with Crippen LogP contribution in [0.1, 0.15) is 37.7 Å². The lowest BCUT2D eigenvalue weighted by molar-refractivity contribution is 0.341. The van der Waals surface area contributed by atoms with Crippen molar-refractivity contribution < 1.29 is 5.11 Å². The van der Waals surface area contributed by atoms with Gasteiger partial charge < -0.3 is 10.4 Å². The molecule has 3 rings (SSSR count). The number of hydrogen-bond acceptors (Lipinski definition) is 3. The topological polar surface area (TPSA) is 45.2 Å². The molecule has 1 aliphatic carbocycles. The van der Waals surface area contributed by atoms with Crippen LogP contribution in [-0.2, 0) is 6.54 Å². The summed E-state index contributed by atoms with van der Waals surface area (Å²) in [6.45, 7) is 1.77. The van der Waals surface area contributed by atoms with Crippen molar-refractivity contribution in [1.82, 2.24) is 10.3 Å². The first kappa shape index (κ1) is 15.0. The summed E-state index contributed by atoms with van der Waals surface area (Å²) in [5.74, 6) is 1.17. The molecule has 0 atom stereocenters. The monoisotopic (exact) mass is 296 g/mol. The van der Waals surface area contributed by atoms with E-state index in [0.29, 0.717) is 5.75 Å². The number of rotatable bonds is 5. The van der Waals surface area contributed by atoms with Gasteiger partial charge in [-0.05, 0) is 49.1 Å². The van der Waals surface area contributed by atoms with Crippen LogP contribution in [0.2, 0.25) is 0 Å². The molecule has 3 nitrogen and oxygen atoms in total. The Morgan fingerprint density at radius 2 is 1.95 bits per heavy atom. The molecular formula is C19H24N2O. The van der Waals surface area contributed by atoms with E-state index in [0.717, 1.165) is 35.7 Å². The number of pyridine rings is 1. The highest BCUT2D eigenvalue weighted by molar-refractivity contribution is 5.64. The zero-order valence-electron chi connectivity index (χ0n) is 13.0. The predicted octanol–water partition coefficient (Wildman–Crippen LogP) is 4.12. The van der Waals surface area contributed by atoms with Crippen molar-refractivity contribution in [2.24, 2.45) is 5.92 Å². The molecule has 0 amide bonds. The molecule has 0 aliphatic heterocycles. The van der Waals surface area contributed by atoms with Gasteiger partial charge in [0, 0.05) is 30.1 Å². The molecule has 1 fully saturated rings. The fourth-order valence-electron chi connectivity index (χ4n) is 3.24. The third-order valence-corrected chi connectivity index (χ3v) is 4.55. The standard InChI is InChI=1S/C19H24N2O/c22-19-9-8-16(17-7-4-10-20-13-17)11-18(19)14-21-12-15-5-2-1-3-6-15/h4,7-11,13,15,21-22H,1-3,5-6,12,14H2. The number of nitrogens with one attached hydrogen (secondary N) is 1. The van der Waals surface area contributed by atoms with Gasteiger partial charge in [0.1, 0.15) is 5.75 Å². The SMILES string of the molecule is Oc1ccc(-c2cccnc2)cc1CNCC1CCCCC1. The van der Waals surface area contributed by atoms with E-state index >= 15 is 0 Å². The minimum absolute atomic E-state index is 0.365. The van der Waals surface area contributed by atoms with E-state index in [1.54, 1.807) is 12.3 Å². The molecule has 2 aromatic rings. The Hall–Kier alpha value is -1.87. The average Bonchev–Trinajstić information content (AvgIpc) is 2.58. The number of aromatic hydroxyl groups is 1. The van der Waals surface area contributed by atoms with Gasteiger partial charge in [-0.1, -0.05) is 31.4 Å². The zero-order valence-corrected chi connectivity index (χ0v) is 13.0. The van der Waals surface area contributed by atoms with Gasteiger partial charge >= 0.3 is 0 Å². The third kappa shape index (κ3) is 3.86. The van der Waals surface area contributed by atoms with Crippen molar-refractivity contribution >= 4 is 0 Å². The smallest absolute Gasteiger partial charge is 0.120 e. The maximum Gasteiger partial charge on any atom is 0.120 e. The highest BCUT2D eigenvalue weighted by Gasteiger charge is 2.13. The molecule has 1 aliphatic rings. The molecule has 0 spiro atoms. The van der Waals surface area contributed by atoms with Crippen molar-refractivity contribution in [3.8, 4) is 16.9 Å². The number of hydrogen-bond donors (Lipinski definition) is 2. The number of phenols is 1. The highest BCUT2D eigenvalue weighted by Crippen LogP contribution is 2.26. The first-order valence-electron chi connectivity index (χ1n) is 8.26. The van der Waals surface area contributed by atoms with Crippen molar-refractivity contribution in [2.45, 2.75) is 38.6 Å². The normalized spacial score (nSPS) is 15.8. The van der Waals surface area contributed by atoms with E-state index in [2.05, 4.69) is 16.4 Å². The summed E-state index contributed by atoms with van der Waals surface area (Å²) in [5.41, 5.74) is 3.13. The van der Waals surface area contributed by atoms with E-state index in [1.165, 1.54) is 32.1 Å². The first-order valence-corrected chi connectivity index (χ1v) is 8.26. The van der Waals surface area contributed by atoms with Crippen LogP contribution in [0.3, 0.4) is 0 Å². The Morgan fingerprint density at radius 3 is 2.73 bits per heavy atom. The van der Waals surface area contributed by atoms with Crippen molar-refractivity contribution in [3.63, 3.8) is 0 Å². The second kappa shape index (κ2) is 7.41. The van der Waals surface area contributed by atoms with E-state index in [9.17, 15) is 5.11 Å². The van der Waals surface area contributed by atoms with Crippen molar-refractivity contribution in [3.05, 3.63) is 48.3 Å². The van der Waals surface area contributed by atoms with E-state index in [1.807, 2.05) is 24.4 Å². The fourth-order valence-corrected chi connectivity index (χ4v) is 3.24. The molecule has 116 valence electrons. The Bertz CT molecular complexity index is 592. The number of phenolic OH excluding ortho intramolecular Hbond substituents is 1. The third-order valence-electron chi connectivity index (χ3n) is 4.55. The predicted molar refractivity (Wildman–Crippen MR) is 89.6 cm³/mol. The van der Waals surface area contributed by atoms with Crippen molar-refractivity contribution in [1.29, 1.82) is 0 Å². The maximum atomic E-state index is 10.1. The summed E-state index contributed by atoms with van der Waals surface area (Å²) in [4.78, 5) is 4.16. The molecule has 0 radical (unpaired) electrons. The second-order valence-corrected chi connectivity index (χ2v) is 6.22. The molecule has 22 heavy (non-hydrogen) atoms. The molecule has 0 unspecified atom stereocenters. The van der Waals surface area contributed by atoms with E-state index in [4.69, 9.17) is 0 Å². The van der Waals surface area contributed by atoms with Crippen LogP contribution in [-0.4, -0.2) is 16.6 Å². The van der Waals surface area contributed by atoms with Crippen LogP contribution in [0.25, 0.3) is 11.1 Å². The summed E-state index contributed by atoms with van der Waals surface area (Å²) < 4.78 is 0. The lowest BCUT2D eigenvalue weighted by atomic mass is 9.89. The summed E-state index contributed by atoms with van der Waals surface area (Å²) in [6, 6.07) is 9.75. The van der Waals surface area contributed by atoms with Gasteiger partial charge in [0.2, 0.25) is 0 Å². The summed E-state index contributed by atoms with van der Waals surface area (Å²) in [7, 11) is 0. The number of aromatic nitrogens is 1. The van der Waals surface area contributed by atoms with Crippen LogP contribution >= 0.6 is 0 Å². The van der Waals surface area contributed by atoms with Gasteiger partial charge in [-0.2, -0.15) is 0 Å². The largest absolute Gasteiger partial charge is 0.508 e. The quantitative estimate of drug-likeness (QED) is 0.872. The van der Waals surface area contributed by atoms with Gasteiger partial charge in [-0.3, -0.25) is 4.98 Å². The Morgan fingerprint density at radius 1 is 1.09 bits per heavy atom. The zero-order chi connectivity index (χ0) is 15.2. The van der Waals surface area contributed by atoms with Gasteiger partial charge in [0.05, 0.1) is 0 Å². The molecule has 1 aromatic heterocycles. The van der Waals surface area contributed by atoms with Crippen LogP contribution in [0.4, 0.5) is 0 Å². The van der Waals surface area contributed by atoms with Gasteiger partial charge in [-0.15, -0.1) is 0 Å². The molecule has 0 bridgehead atoms. The summed E-state index contributed by atoms with van der Waals surface area (Å²) in [5, 5.41) is 13.6. The van der Waals surface area contributed by atoms with Crippen LogP contribution in [0.5, 0.6) is 5.75 Å². The fraction of sp³-hybridized carbons (Fsp3) is 0.421. The molecule has 1 saturated carbocycles. The van der Waals surface area contributed by atoms with Gasteiger partial charge in [-0.25, -0.2) is 0 Å².